The van der Waals surface area contributed by atoms with E-state index in [4.69, 9.17) is 9.72 Å². The molecule has 3 heterocycles. The lowest BCUT2D eigenvalue weighted by atomic mass is 9.97. The number of halogens is 2. The van der Waals surface area contributed by atoms with Gasteiger partial charge in [0.1, 0.15) is 23.4 Å². The van der Waals surface area contributed by atoms with Gasteiger partial charge in [-0.3, -0.25) is 4.79 Å². The van der Waals surface area contributed by atoms with Crippen molar-refractivity contribution in [3.63, 3.8) is 0 Å². The molecule has 0 aliphatic carbocycles. The van der Waals surface area contributed by atoms with Crippen molar-refractivity contribution in [2.75, 3.05) is 26.3 Å². The smallest absolute Gasteiger partial charge is 0.246 e. The molecule has 1 fully saturated rings. The third kappa shape index (κ3) is 4.81. The second-order valence-corrected chi connectivity index (χ2v) is 9.30. The lowest BCUT2D eigenvalue weighted by Gasteiger charge is -2.26. The van der Waals surface area contributed by atoms with Crippen LogP contribution in [0.2, 0.25) is 0 Å². The first-order chi connectivity index (χ1) is 18.4. The molecule has 0 unspecified atom stereocenters. The molecule has 38 heavy (non-hydrogen) atoms. The highest BCUT2D eigenvalue weighted by Crippen LogP contribution is 2.37. The zero-order chi connectivity index (χ0) is 26.8. The summed E-state index contributed by atoms with van der Waals surface area (Å²) in [5, 5.41) is 11.0. The third-order valence-corrected chi connectivity index (χ3v) is 6.77. The Labute approximate surface area is 219 Å². The number of amides is 1. The lowest BCUT2D eigenvalue weighted by molar-refractivity contribution is -0.129. The van der Waals surface area contributed by atoms with Gasteiger partial charge in [-0.05, 0) is 66.9 Å². The summed E-state index contributed by atoms with van der Waals surface area (Å²) in [6.07, 6.45) is 3.11. The molecule has 1 aliphatic heterocycles. The number of nitriles is 1. The number of hydrogen-bond acceptors (Lipinski definition) is 4. The minimum atomic E-state index is -0.576. The van der Waals surface area contributed by atoms with Gasteiger partial charge in [-0.25, -0.2) is 13.8 Å². The molecule has 0 spiro atoms. The Bertz CT molecular complexity index is 1520. The maximum Gasteiger partial charge on any atom is 0.246 e. The third-order valence-electron chi connectivity index (χ3n) is 6.77. The van der Waals surface area contributed by atoms with Gasteiger partial charge in [0.25, 0.3) is 0 Å². The number of rotatable bonds is 5. The van der Waals surface area contributed by atoms with E-state index >= 15 is 0 Å². The average Bonchev–Trinajstić information content (AvgIpc) is 3.23. The van der Waals surface area contributed by atoms with Gasteiger partial charge in [-0.15, -0.1) is 0 Å². The van der Waals surface area contributed by atoms with Gasteiger partial charge in [0.2, 0.25) is 5.91 Å². The van der Waals surface area contributed by atoms with Gasteiger partial charge in [0.15, 0.2) is 0 Å². The van der Waals surface area contributed by atoms with Crippen LogP contribution in [0.3, 0.4) is 0 Å². The van der Waals surface area contributed by atoms with Crippen molar-refractivity contribution in [2.45, 2.75) is 19.9 Å². The molecule has 1 aliphatic rings. The first-order valence-corrected chi connectivity index (χ1v) is 12.3. The van der Waals surface area contributed by atoms with E-state index in [0.717, 1.165) is 22.4 Å². The molecule has 0 bridgehead atoms. The van der Waals surface area contributed by atoms with E-state index in [1.807, 2.05) is 24.5 Å². The minimum Gasteiger partial charge on any atom is -0.378 e. The van der Waals surface area contributed by atoms with Crippen molar-refractivity contribution >= 4 is 23.0 Å². The molecule has 6 nitrogen and oxygen atoms in total. The summed E-state index contributed by atoms with van der Waals surface area (Å²) in [4.78, 5) is 19.5. The molecule has 192 valence electrons. The highest BCUT2D eigenvalue weighted by Gasteiger charge is 2.27. The molecule has 5 rings (SSSR count). The number of aromatic nitrogens is 2. The summed E-state index contributed by atoms with van der Waals surface area (Å²) in [5.74, 6) is -0.958. The van der Waals surface area contributed by atoms with E-state index in [9.17, 15) is 18.8 Å². The Balaban J connectivity index is 1.78. The molecular weight excluding hydrogens is 486 g/mol. The molecule has 0 radical (unpaired) electrons. The fourth-order valence-corrected chi connectivity index (χ4v) is 5.02. The van der Waals surface area contributed by atoms with Crippen LogP contribution >= 0.6 is 0 Å². The van der Waals surface area contributed by atoms with Crippen LogP contribution in [0.1, 0.15) is 39.7 Å². The van der Waals surface area contributed by atoms with Crippen molar-refractivity contribution in [3.8, 4) is 6.07 Å². The van der Waals surface area contributed by atoms with Gasteiger partial charge in [0.05, 0.1) is 30.5 Å². The number of carbonyl (C=O) groups is 1. The maximum absolute atomic E-state index is 13.9. The number of carbonyl (C=O) groups excluding carboxylic acids is 1. The highest BCUT2D eigenvalue weighted by atomic mass is 19.1. The van der Waals surface area contributed by atoms with Gasteiger partial charge < -0.3 is 14.2 Å². The maximum atomic E-state index is 13.9. The summed E-state index contributed by atoms with van der Waals surface area (Å²) in [6.45, 7) is 5.72. The molecule has 8 heteroatoms. The van der Waals surface area contributed by atoms with Gasteiger partial charge in [-0.2, -0.15) is 5.26 Å². The predicted octanol–water partition coefficient (Wildman–Crippen LogP) is 5.31. The second kappa shape index (κ2) is 10.6. The molecule has 0 N–H and O–H groups in total. The van der Waals surface area contributed by atoms with Crippen LogP contribution in [0, 0.1) is 36.8 Å². The van der Waals surface area contributed by atoms with E-state index in [2.05, 4.69) is 6.07 Å². The van der Waals surface area contributed by atoms with Crippen molar-refractivity contribution in [1.29, 1.82) is 5.26 Å². The van der Waals surface area contributed by atoms with E-state index in [0.29, 0.717) is 48.6 Å². The number of ether oxygens (including phenoxy) is 1. The van der Waals surface area contributed by atoms with Crippen LogP contribution in [-0.2, 0) is 9.53 Å². The Morgan fingerprint density at radius 3 is 2.16 bits per heavy atom. The highest BCUT2D eigenvalue weighted by molar-refractivity contribution is 5.96. The Hall–Kier alpha value is -4.35. The van der Waals surface area contributed by atoms with Crippen LogP contribution in [0.15, 0.2) is 60.7 Å². The minimum absolute atomic E-state index is 0.185. The van der Waals surface area contributed by atoms with Crippen molar-refractivity contribution in [1.82, 2.24) is 14.5 Å². The fraction of sp³-hybridized carbons (Fsp3) is 0.233. The molecule has 1 amide bonds. The number of aryl methyl sites for hydroxylation is 2. The number of fused-ring (bicyclic) bond motifs is 1. The molecule has 2 aromatic carbocycles. The van der Waals surface area contributed by atoms with Gasteiger partial charge >= 0.3 is 0 Å². The van der Waals surface area contributed by atoms with E-state index < -0.39 is 6.04 Å². The Morgan fingerprint density at radius 2 is 1.61 bits per heavy atom. The van der Waals surface area contributed by atoms with Gasteiger partial charge in [-0.1, -0.05) is 24.3 Å². The summed E-state index contributed by atoms with van der Waals surface area (Å²) in [6, 6.07) is 15.8. The predicted molar refractivity (Wildman–Crippen MR) is 140 cm³/mol. The zero-order valence-electron chi connectivity index (χ0n) is 21.1. The van der Waals surface area contributed by atoms with Crippen LogP contribution in [-0.4, -0.2) is 46.7 Å². The molecule has 0 atom stereocenters. The van der Waals surface area contributed by atoms with Crippen molar-refractivity contribution in [2.24, 2.45) is 0 Å². The summed E-state index contributed by atoms with van der Waals surface area (Å²) in [7, 11) is 0. The SMILES string of the molecule is Cc1cc(C)c2c(C#N)c(/C=C/C(=O)N3CCOCC3)n(C(c3ccc(F)cc3)c3ccc(F)cc3)c2n1. The Morgan fingerprint density at radius 1 is 1.03 bits per heavy atom. The number of morpholine rings is 1. The standard InChI is InChI=1S/C30H26F2N4O2/c1-19-17-20(2)34-30-28(19)25(18-33)26(11-12-27(37)35-13-15-38-16-14-35)36(30)29(21-3-7-23(31)8-4-21)22-5-9-24(32)10-6-22/h3-12,17,29H,13-16H2,1-2H3/b12-11+. The van der Waals surface area contributed by atoms with Crippen molar-refractivity contribution in [3.05, 3.63) is 106 Å². The number of nitrogens with zero attached hydrogens (tertiary/aromatic N) is 4. The fourth-order valence-electron chi connectivity index (χ4n) is 5.02. The molecule has 2 aromatic heterocycles. The number of benzene rings is 2. The van der Waals surface area contributed by atoms with Gasteiger partial charge in [0, 0.05) is 30.2 Å². The van der Waals surface area contributed by atoms with Crippen molar-refractivity contribution < 1.29 is 18.3 Å². The number of pyridine rings is 1. The lowest BCUT2D eigenvalue weighted by Crippen LogP contribution is -2.39. The summed E-state index contributed by atoms with van der Waals surface area (Å²) < 4.78 is 35.1. The topological polar surface area (TPSA) is 71.2 Å². The molecule has 1 saturated heterocycles. The average molecular weight is 513 g/mol. The van der Waals surface area contributed by atoms with E-state index in [1.165, 1.54) is 30.3 Å². The van der Waals surface area contributed by atoms with Crippen LogP contribution in [0.4, 0.5) is 8.78 Å². The molecule has 0 saturated carbocycles. The summed E-state index contributed by atoms with van der Waals surface area (Å²) in [5.41, 5.74) is 4.48. The van der Waals surface area contributed by atoms with Crippen LogP contribution in [0.25, 0.3) is 17.1 Å². The second-order valence-electron chi connectivity index (χ2n) is 9.30. The van der Waals surface area contributed by atoms with E-state index in [-0.39, 0.29) is 17.5 Å². The Kier molecular flexibility index (Phi) is 7.03. The van der Waals surface area contributed by atoms with Crippen LogP contribution < -0.4 is 0 Å². The quantitative estimate of drug-likeness (QED) is 0.340. The first kappa shape index (κ1) is 25.3. The monoisotopic (exact) mass is 512 g/mol. The molecule has 4 aromatic rings. The first-order valence-electron chi connectivity index (χ1n) is 12.3. The van der Waals surface area contributed by atoms with Crippen LogP contribution in [0.5, 0.6) is 0 Å². The summed E-state index contributed by atoms with van der Waals surface area (Å²) >= 11 is 0. The number of hydrogen-bond donors (Lipinski definition) is 0. The largest absolute Gasteiger partial charge is 0.378 e. The normalized spacial score (nSPS) is 13.9. The molecular formula is C30H26F2N4O2. The van der Waals surface area contributed by atoms with E-state index in [1.54, 1.807) is 35.2 Å². The zero-order valence-corrected chi connectivity index (χ0v) is 21.1.